The summed E-state index contributed by atoms with van der Waals surface area (Å²) in [7, 11) is 1.23. The van der Waals surface area contributed by atoms with E-state index in [0.717, 1.165) is 0 Å². The van der Waals surface area contributed by atoms with E-state index in [0.29, 0.717) is 16.7 Å². The van der Waals surface area contributed by atoms with Crippen LogP contribution in [0.2, 0.25) is 5.02 Å². The van der Waals surface area contributed by atoms with E-state index < -0.39 is 11.9 Å². The van der Waals surface area contributed by atoms with E-state index in [1.165, 1.54) is 30.9 Å². The first-order valence-corrected chi connectivity index (χ1v) is 8.09. The van der Waals surface area contributed by atoms with Crippen LogP contribution >= 0.6 is 11.6 Å². The molecule has 0 saturated carbocycles. The number of carbonyl (C=O) groups is 2. The molecule has 2 rings (SSSR count). The molecule has 0 N–H and O–H groups in total. The lowest BCUT2D eigenvalue weighted by molar-refractivity contribution is -0.136. The van der Waals surface area contributed by atoms with E-state index in [1.54, 1.807) is 12.1 Å². The zero-order valence-electron chi connectivity index (χ0n) is 14.2. The molecule has 132 valence electrons. The molecule has 0 aliphatic carbocycles. The number of methoxy groups -OCH3 is 1. The Kier molecular flexibility index (Phi) is 6.42. The topological polar surface area (TPSA) is 61.8 Å². The van der Waals surface area contributed by atoms with Crippen LogP contribution in [-0.2, 0) is 9.53 Å². The molecule has 0 unspecified atom stereocenters. The van der Waals surface area contributed by atoms with Crippen molar-refractivity contribution in [3.05, 3.63) is 58.6 Å². The van der Waals surface area contributed by atoms with Crippen molar-refractivity contribution in [2.45, 2.75) is 19.8 Å². The maximum Gasteiger partial charge on any atom is 0.349 e. The smallest absolute Gasteiger partial charge is 0.349 e. The Morgan fingerprint density at radius 1 is 1.08 bits per heavy atom. The number of hydrogen-bond donors (Lipinski definition) is 0. The predicted octanol–water partition coefficient (Wildman–Crippen LogP) is 4.23. The summed E-state index contributed by atoms with van der Waals surface area (Å²) in [6, 6.07) is 11.8. The average Bonchev–Trinajstić information content (AvgIpc) is 2.61. The number of ether oxygens (including phenoxy) is 3. The third-order valence-electron chi connectivity index (χ3n) is 3.47. The second kappa shape index (κ2) is 8.53. The Bertz CT molecular complexity index is 753. The van der Waals surface area contributed by atoms with Gasteiger partial charge in [0, 0.05) is 5.02 Å². The molecule has 0 radical (unpaired) electrons. The van der Waals surface area contributed by atoms with Crippen LogP contribution in [-0.4, -0.2) is 25.7 Å². The molecule has 0 saturated heterocycles. The minimum atomic E-state index is -0.643. The van der Waals surface area contributed by atoms with Gasteiger partial charge in [0.2, 0.25) is 0 Å². The Morgan fingerprint density at radius 3 is 2.36 bits per heavy atom. The lowest BCUT2D eigenvalue weighted by Crippen LogP contribution is -2.19. The van der Waals surface area contributed by atoms with Gasteiger partial charge in [-0.25, -0.2) is 9.59 Å². The normalized spacial score (nSPS) is 10.4. The molecule has 0 spiro atoms. The van der Waals surface area contributed by atoms with Gasteiger partial charge >= 0.3 is 11.9 Å². The zero-order valence-corrected chi connectivity index (χ0v) is 15.0. The minimum absolute atomic E-state index is 0.0694. The van der Waals surface area contributed by atoms with Crippen LogP contribution in [0, 0.1) is 0 Å². The van der Waals surface area contributed by atoms with Gasteiger partial charge in [-0.15, -0.1) is 0 Å². The maximum absolute atomic E-state index is 12.0. The first-order valence-electron chi connectivity index (χ1n) is 7.72. The lowest BCUT2D eigenvalue weighted by Gasteiger charge is -2.11. The summed E-state index contributed by atoms with van der Waals surface area (Å²) in [6.07, 6.45) is 0. The number of halogens is 1. The summed E-state index contributed by atoms with van der Waals surface area (Å²) in [5.74, 6) is -0.234. The van der Waals surface area contributed by atoms with Crippen LogP contribution in [0.15, 0.2) is 42.5 Å². The summed E-state index contributed by atoms with van der Waals surface area (Å²) in [5.41, 5.74) is 1.25. The second-order valence-electron chi connectivity index (χ2n) is 5.62. The molecule has 0 aliphatic heterocycles. The fourth-order valence-electron chi connectivity index (χ4n) is 2.10. The van der Waals surface area contributed by atoms with Crippen LogP contribution in [0.25, 0.3) is 0 Å². The molecule has 0 atom stereocenters. The number of hydrogen-bond acceptors (Lipinski definition) is 5. The highest BCUT2D eigenvalue weighted by atomic mass is 35.5. The summed E-state index contributed by atoms with van der Waals surface area (Å²) in [6.45, 7) is 3.90. The number of rotatable bonds is 6. The molecule has 6 heteroatoms. The van der Waals surface area contributed by atoms with Crippen molar-refractivity contribution in [3.63, 3.8) is 0 Å². The van der Waals surface area contributed by atoms with Gasteiger partial charge < -0.3 is 14.2 Å². The largest absolute Gasteiger partial charge is 0.482 e. The van der Waals surface area contributed by atoms with Crippen molar-refractivity contribution in [2.75, 3.05) is 13.7 Å². The average molecular weight is 363 g/mol. The van der Waals surface area contributed by atoms with E-state index in [1.807, 2.05) is 12.1 Å². The lowest BCUT2D eigenvalue weighted by atomic mass is 10.0. The van der Waals surface area contributed by atoms with Gasteiger partial charge in [0.25, 0.3) is 0 Å². The highest BCUT2D eigenvalue weighted by Crippen LogP contribution is 2.24. The predicted molar refractivity (Wildman–Crippen MR) is 94.5 cm³/mol. The molecule has 0 bridgehead atoms. The van der Waals surface area contributed by atoms with Crippen LogP contribution in [0.5, 0.6) is 11.5 Å². The molecule has 2 aromatic carbocycles. The van der Waals surface area contributed by atoms with Gasteiger partial charge in [-0.3, -0.25) is 0 Å². The highest BCUT2D eigenvalue weighted by Gasteiger charge is 2.17. The third-order valence-corrected chi connectivity index (χ3v) is 3.71. The van der Waals surface area contributed by atoms with Gasteiger partial charge in [0.15, 0.2) is 6.61 Å². The van der Waals surface area contributed by atoms with Gasteiger partial charge in [0.1, 0.15) is 17.1 Å². The van der Waals surface area contributed by atoms with Crippen molar-refractivity contribution in [2.24, 2.45) is 0 Å². The fourth-order valence-corrected chi connectivity index (χ4v) is 2.28. The first kappa shape index (κ1) is 18.8. The molecule has 5 nitrogen and oxygen atoms in total. The van der Waals surface area contributed by atoms with E-state index in [-0.39, 0.29) is 17.9 Å². The van der Waals surface area contributed by atoms with Crippen molar-refractivity contribution < 1.29 is 23.8 Å². The molecular weight excluding hydrogens is 344 g/mol. The number of carbonyl (C=O) groups excluding carboxylic acids is 2. The van der Waals surface area contributed by atoms with Crippen LogP contribution in [0.1, 0.15) is 35.7 Å². The minimum Gasteiger partial charge on any atom is -0.482 e. The van der Waals surface area contributed by atoms with Gasteiger partial charge in [-0.05, 0) is 41.8 Å². The Labute approximate surface area is 151 Å². The Morgan fingerprint density at radius 2 is 1.76 bits per heavy atom. The summed E-state index contributed by atoms with van der Waals surface area (Å²) in [4.78, 5) is 23.7. The van der Waals surface area contributed by atoms with Crippen molar-refractivity contribution >= 4 is 23.5 Å². The molecule has 0 aromatic heterocycles. The van der Waals surface area contributed by atoms with Crippen molar-refractivity contribution in [1.82, 2.24) is 0 Å². The number of benzene rings is 2. The van der Waals surface area contributed by atoms with Crippen LogP contribution < -0.4 is 9.47 Å². The third kappa shape index (κ3) is 5.22. The quantitative estimate of drug-likeness (QED) is 0.568. The molecule has 2 aromatic rings. The van der Waals surface area contributed by atoms with Crippen molar-refractivity contribution in [1.29, 1.82) is 0 Å². The SMILES string of the molecule is COC(=O)c1cc(Cl)ccc1OC(=O)COc1ccc(C(C)C)cc1. The molecule has 0 heterocycles. The van der Waals surface area contributed by atoms with Crippen molar-refractivity contribution in [3.8, 4) is 11.5 Å². The van der Waals surface area contributed by atoms with Gasteiger partial charge in [0.05, 0.1) is 7.11 Å². The Hall–Kier alpha value is -2.53. The summed E-state index contributed by atoms with van der Waals surface area (Å²) < 4.78 is 15.2. The molecule has 0 fully saturated rings. The fraction of sp³-hybridized carbons (Fsp3) is 0.263. The standard InChI is InChI=1S/C19H19ClO5/c1-12(2)13-4-7-15(8-5-13)24-11-18(21)25-17-9-6-14(20)10-16(17)19(22)23-3/h4-10,12H,11H2,1-3H3. The van der Waals surface area contributed by atoms with Gasteiger partial charge in [-0.2, -0.15) is 0 Å². The molecular formula is C19H19ClO5. The maximum atomic E-state index is 12.0. The molecule has 0 aliphatic rings. The monoisotopic (exact) mass is 362 g/mol. The molecule has 25 heavy (non-hydrogen) atoms. The van der Waals surface area contributed by atoms with E-state index >= 15 is 0 Å². The molecule has 0 amide bonds. The second-order valence-corrected chi connectivity index (χ2v) is 6.05. The van der Waals surface area contributed by atoms with E-state index in [9.17, 15) is 9.59 Å². The van der Waals surface area contributed by atoms with E-state index in [2.05, 4.69) is 18.6 Å². The van der Waals surface area contributed by atoms with Crippen LogP contribution in [0.4, 0.5) is 0 Å². The first-order chi connectivity index (χ1) is 11.9. The van der Waals surface area contributed by atoms with E-state index in [4.69, 9.17) is 21.1 Å². The number of esters is 2. The van der Waals surface area contributed by atoms with Gasteiger partial charge in [-0.1, -0.05) is 37.6 Å². The summed E-state index contributed by atoms with van der Waals surface area (Å²) in [5, 5.41) is 0.335. The highest BCUT2D eigenvalue weighted by molar-refractivity contribution is 6.31. The Balaban J connectivity index is 1.99. The summed E-state index contributed by atoms with van der Waals surface area (Å²) >= 11 is 5.86. The van der Waals surface area contributed by atoms with Crippen LogP contribution in [0.3, 0.4) is 0 Å². The zero-order chi connectivity index (χ0) is 18.4.